The molecular weight excluding hydrogens is 537 g/mol. The summed E-state index contributed by atoms with van der Waals surface area (Å²) >= 11 is 0. The van der Waals surface area contributed by atoms with Gasteiger partial charge in [-0.1, -0.05) is 43.3 Å². The van der Waals surface area contributed by atoms with Crippen molar-refractivity contribution in [3.63, 3.8) is 0 Å². The predicted octanol–water partition coefficient (Wildman–Crippen LogP) is 5.44. The van der Waals surface area contributed by atoms with Crippen LogP contribution in [-0.2, 0) is 0 Å². The minimum absolute atomic E-state index is 0.0765. The SMILES string of the molecule is CCC1CCCN1C(=O)NN1C[C@H](C(=O)c2cccc(O)c2)C(c2cccc(F)c2C)[C@H](C(=O)c2cccc(O)c2)C1. The number of halogens is 1. The van der Waals surface area contributed by atoms with Crippen molar-refractivity contribution in [2.75, 3.05) is 19.6 Å². The van der Waals surface area contributed by atoms with Crippen molar-refractivity contribution in [2.45, 2.75) is 45.1 Å². The van der Waals surface area contributed by atoms with Crippen LogP contribution >= 0.6 is 0 Å². The maximum Gasteiger partial charge on any atom is 0.332 e. The molecule has 3 aromatic rings. The average Bonchev–Trinajstić information content (AvgIpc) is 3.47. The summed E-state index contributed by atoms with van der Waals surface area (Å²) in [5.41, 5.74) is 4.33. The van der Waals surface area contributed by atoms with E-state index in [4.69, 9.17) is 0 Å². The lowest BCUT2D eigenvalue weighted by molar-refractivity contribution is 0.0428. The highest BCUT2D eigenvalue weighted by Crippen LogP contribution is 2.42. The Hall–Kier alpha value is -4.24. The summed E-state index contributed by atoms with van der Waals surface area (Å²) in [7, 11) is 0. The number of nitrogens with zero attached hydrogens (tertiary/aromatic N) is 2. The largest absolute Gasteiger partial charge is 0.508 e. The Morgan fingerprint density at radius 2 is 1.48 bits per heavy atom. The van der Waals surface area contributed by atoms with Crippen LogP contribution in [0.25, 0.3) is 0 Å². The number of piperidine rings is 1. The van der Waals surface area contributed by atoms with Crippen molar-refractivity contribution in [3.05, 3.63) is 94.8 Å². The van der Waals surface area contributed by atoms with E-state index in [-0.39, 0.29) is 59.4 Å². The maximum atomic E-state index is 14.9. The van der Waals surface area contributed by atoms with E-state index in [1.807, 2.05) is 6.92 Å². The number of phenols is 2. The number of hydrazine groups is 1. The first-order valence-corrected chi connectivity index (χ1v) is 14.4. The molecule has 2 aliphatic rings. The molecular formula is C33H36FN3O5. The molecule has 0 saturated carbocycles. The first kappa shape index (κ1) is 29.3. The van der Waals surface area contributed by atoms with Crippen LogP contribution in [0.3, 0.4) is 0 Å². The molecule has 0 bridgehead atoms. The molecule has 2 aliphatic heterocycles. The Kier molecular flexibility index (Phi) is 8.59. The number of amides is 2. The number of Topliss-reactive ketones (excluding diaryl/α,β-unsaturated/α-hetero) is 2. The van der Waals surface area contributed by atoms with Crippen LogP contribution in [0, 0.1) is 24.6 Å². The van der Waals surface area contributed by atoms with Gasteiger partial charge in [0.1, 0.15) is 17.3 Å². The topological polar surface area (TPSA) is 110 Å². The summed E-state index contributed by atoms with van der Waals surface area (Å²) in [6, 6.07) is 16.5. The summed E-state index contributed by atoms with van der Waals surface area (Å²) in [5, 5.41) is 21.9. The zero-order chi connectivity index (χ0) is 30.0. The first-order chi connectivity index (χ1) is 20.2. The minimum atomic E-state index is -0.867. The number of ketones is 2. The van der Waals surface area contributed by atoms with Gasteiger partial charge in [-0.05, 0) is 67.6 Å². The van der Waals surface area contributed by atoms with Crippen molar-refractivity contribution in [3.8, 4) is 11.5 Å². The van der Waals surface area contributed by atoms with Crippen LogP contribution in [0.4, 0.5) is 9.18 Å². The molecule has 5 rings (SSSR count). The zero-order valence-electron chi connectivity index (χ0n) is 23.8. The molecule has 9 heteroatoms. The summed E-state index contributed by atoms with van der Waals surface area (Å²) in [5.74, 6) is -3.75. The second kappa shape index (κ2) is 12.3. The highest BCUT2D eigenvalue weighted by atomic mass is 19.1. The van der Waals surface area contributed by atoms with E-state index in [0.717, 1.165) is 19.3 Å². The second-order valence-corrected chi connectivity index (χ2v) is 11.2. The number of carbonyl (C=O) groups excluding carboxylic acids is 3. The molecule has 8 nitrogen and oxygen atoms in total. The number of carbonyl (C=O) groups is 3. The molecule has 0 radical (unpaired) electrons. The van der Waals surface area contributed by atoms with Gasteiger partial charge in [0.05, 0.1) is 0 Å². The Labute approximate surface area is 244 Å². The third-order valence-corrected chi connectivity index (χ3v) is 8.67. The molecule has 2 amide bonds. The highest BCUT2D eigenvalue weighted by molar-refractivity contribution is 6.02. The van der Waals surface area contributed by atoms with Crippen LogP contribution < -0.4 is 5.43 Å². The van der Waals surface area contributed by atoms with Crippen LogP contribution in [0.1, 0.15) is 63.9 Å². The fourth-order valence-electron chi connectivity index (χ4n) is 6.53. The van der Waals surface area contributed by atoms with Gasteiger partial charge in [-0.3, -0.25) is 15.0 Å². The van der Waals surface area contributed by atoms with E-state index in [1.165, 1.54) is 30.3 Å². The molecule has 0 aromatic heterocycles. The summed E-state index contributed by atoms with van der Waals surface area (Å²) < 4.78 is 14.9. The molecule has 42 heavy (non-hydrogen) atoms. The number of likely N-dealkylation sites (tertiary alicyclic amines) is 1. The third kappa shape index (κ3) is 5.87. The summed E-state index contributed by atoms with van der Waals surface area (Å²) in [6.45, 7) is 4.45. The number of benzene rings is 3. The Balaban J connectivity index is 1.59. The number of urea groups is 1. The normalized spacial score (nSPS) is 22.6. The van der Waals surface area contributed by atoms with Gasteiger partial charge in [-0.25, -0.2) is 14.2 Å². The Morgan fingerprint density at radius 1 is 0.905 bits per heavy atom. The van der Waals surface area contributed by atoms with E-state index >= 15 is 0 Å². The predicted molar refractivity (Wildman–Crippen MR) is 156 cm³/mol. The Bertz CT molecular complexity index is 1430. The fraction of sp³-hybridized carbons (Fsp3) is 0.364. The zero-order valence-corrected chi connectivity index (χ0v) is 23.8. The van der Waals surface area contributed by atoms with E-state index in [1.54, 1.807) is 53.2 Å². The lowest BCUT2D eigenvalue weighted by Gasteiger charge is -2.44. The molecule has 3 aromatic carbocycles. The van der Waals surface area contributed by atoms with Gasteiger partial charge in [-0.2, -0.15) is 0 Å². The molecule has 2 heterocycles. The molecule has 220 valence electrons. The minimum Gasteiger partial charge on any atom is -0.508 e. The number of phenolic OH excluding ortho intramolecular Hbond substituents is 2. The van der Waals surface area contributed by atoms with Gasteiger partial charge >= 0.3 is 6.03 Å². The van der Waals surface area contributed by atoms with Gasteiger partial charge in [0.25, 0.3) is 0 Å². The van der Waals surface area contributed by atoms with Gasteiger partial charge in [0, 0.05) is 54.6 Å². The van der Waals surface area contributed by atoms with E-state index in [2.05, 4.69) is 5.43 Å². The van der Waals surface area contributed by atoms with Crippen molar-refractivity contribution in [2.24, 2.45) is 11.8 Å². The quantitative estimate of drug-likeness (QED) is 0.325. The van der Waals surface area contributed by atoms with Gasteiger partial charge in [-0.15, -0.1) is 0 Å². The fourth-order valence-corrected chi connectivity index (χ4v) is 6.53. The molecule has 2 unspecified atom stereocenters. The molecule has 0 spiro atoms. The summed E-state index contributed by atoms with van der Waals surface area (Å²) in [6.07, 6.45) is 2.65. The first-order valence-electron chi connectivity index (χ1n) is 14.4. The number of rotatable bonds is 7. The third-order valence-electron chi connectivity index (χ3n) is 8.67. The van der Waals surface area contributed by atoms with Gasteiger partial charge in [0.15, 0.2) is 11.6 Å². The van der Waals surface area contributed by atoms with Gasteiger partial charge in [0.2, 0.25) is 0 Å². The molecule has 3 N–H and O–H groups in total. The Morgan fingerprint density at radius 3 is 2.02 bits per heavy atom. The number of aromatic hydroxyl groups is 2. The van der Waals surface area contributed by atoms with Crippen LogP contribution in [0.5, 0.6) is 11.5 Å². The highest BCUT2D eigenvalue weighted by Gasteiger charge is 2.46. The van der Waals surface area contributed by atoms with Crippen LogP contribution in [-0.4, -0.2) is 63.4 Å². The maximum absolute atomic E-state index is 14.9. The van der Waals surface area contributed by atoms with Crippen molar-refractivity contribution >= 4 is 17.6 Å². The average molecular weight is 574 g/mol. The lowest BCUT2D eigenvalue weighted by Crippen LogP contribution is -2.58. The van der Waals surface area contributed by atoms with Crippen molar-refractivity contribution in [1.82, 2.24) is 15.3 Å². The monoisotopic (exact) mass is 573 g/mol. The van der Waals surface area contributed by atoms with Crippen LogP contribution in [0.15, 0.2) is 66.7 Å². The van der Waals surface area contributed by atoms with Crippen LogP contribution in [0.2, 0.25) is 0 Å². The lowest BCUT2D eigenvalue weighted by atomic mass is 9.68. The number of hydrogen-bond acceptors (Lipinski definition) is 6. The smallest absolute Gasteiger partial charge is 0.332 e. The standard InChI is InChI=1S/C33H36FN3O5/c1-3-23-10-7-15-37(23)33(42)35-36-18-27(31(40)21-8-4-11-24(38)16-21)30(26-13-6-14-29(34)20(26)2)28(19-36)32(41)22-9-5-12-25(39)17-22/h4-6,8-9,11-14,16-17,23,27-28,30,38-39H,3,7,10,15,18-19H2,1-2H3,(H,35,42)/t23?,27-,28+,30?. The van der Waals surface area contributed by atoms with Gasteiger partial charge < -0.3 is 15.1 Å². The molecule has 2 fully saturated rings. The number of hydrogen-bond donors (Lipinski definition) is 3. The van der Waals surface area contributed by atoms with E-state index < -0.39 is 23.6 Å². The van der Waals surface area contributed by atoms with E-state index in [9.17, 15) is 29.0 Å². The second-order valence-electron chi connectivity index (χ2n) is 11.2. The molecule has 4 atom stereocenters. The van der Waals surface area contributed by atoms with Crippen molar-refractivity contribution < 1.29 is 29.0 Å². The number of nitrogens with one attached hydrogen (secondary N) is 1. The van der Waals surface area contributed by atoms with Crippen molar-refractivity contribution in [1.29, 1.82) is 0 Å². The molecule has 0 aliphatic carbocycles. The molecule has 2 saturated heterocycles. The summed E-state index contributed by atoms with van der Waals surface area (Å²) in [4.78, 5) is 43.5. The van der Waals surface area contributed by atoms with E-state index in [0.29, 0.717) is 17.7 Å².